The molecule has 2 aliphatic rings. The maximum absolute atomic E-state index is 12.8. The molecule has 1 aromatic carbocycles. The van der Waals surface area contributed by atoms with E-state index >= 15 is 0 Å². The quantitative estimate of drug-likeness (QED) is 0.521. The smallest absolute Gasteiger partial charge is 0.416 e. The first kappa shape index (κ1) is 23.1. The van der Waals surface area contributed by atoms with Gasteiger partial charge >= 0.3 is 12.1 Å². The van der Waals surface area contributed by atoms with Crippen molar-refractivity contribution in [2.75, 3.05) is 20.1 Å². The number of carboxylic acids is 1. The van der Waals surface area contributed by atoms with Gasteiger partial charge < -0.3 is 30.4 Å². The monoisotopic (exact) mass is 455 g/mol. The molecule has 2 amide bonds. The molecule has 2 heterocycles. The summed E-state index contributed by atoms with van der Waals surface area (Å²) in [5, 5.41) is 32.3. The van der Waals surface area contributed by atoms with Gasteiger partial charge in [-0.1, -0.05) is 12.1 Å². The van der Waals surface area contributed by atoms with Gasteiger partial charge in [0, 0.05) is 24.9 Å². The molecule has 12 heteroatoms. The molecule has 1 unspecified atom stereocenters. The number of aliphatic hydroxyl groups is 2. The first-order chi connectivity index (χ1) is 14.9. The maximum atomic E-state index is 12.8. The number of benzene rings is 1. The molecule has 0 radical (unpaired) electrons. The van der Waals surface area contributed by atoms with Crippen LogP contribution in [0.2, 0.25) is 0 Å². The van der Waals surface area contributed by atoms with Crippen molar-refractivity contribution < 1.29 is 42.9 Å². The Hall–Kier alpha value is -3.54. The summed E-state index contributed by atoms with van der Waals surface area (Å²) < 4.78 is 38.5. The Labute approximate surface area is 180 Å². The van der Waals surface area contributed by atoms with E-state index in [0.717, 1.165) is 12.1 Å². The first-order valence-corrected chi connectivity index (χ1v) is 9.40. The van der Waals surface area contributed by atoms with Crippen LogP contribution in [0.4, 0.5) is 13.2 Å². The summed E-state index contributed by atoms with van der Waals surface area (Å²) in [6.07, 6.45) is -6.52. The molecule has 0 saturated carbocycles. The lowest BCUT2D eigenvalue weighted by Crippen LogP contribution is -2.50. The topological polar surface area (TPSA) is 130 Å². The number of alkyl halides is 3. The molecule has 0 saturated heterocycles. The lowest BCUT2D eigenvalue weighted by Gasteiger charge is -2.42. The number of nitrogens with zero attached hydrogens (tertiary/aromatic N) is 2. The van der Waals surface area contributed by atoms with Crippen LogP contribution >= 0.6 is 0 Å². The number of carboxylic acid groups (broad SMARTS) is 1. The number of allylic oxidation sites excluding steroid dienone is 1. The molecule has 0 aliphatic carbocycles. The lowest BCUT2D eigenvalue weighted by molar-refractivity contribution is -0.138. The van der Waals surface area contributed by atoms with E-state index in [1.165, 1.54) is 29.0 Å². The summed E-state index contributed by atoms with van der Waals surface area (Å²) in [4.78, 5) is 38.0. The van der Waals surface area contributed by atoms with E-state index in [9.17, 15) is 37.8 Å². The van der Waals surface area contributed by atoms with Crippen molar-refractivity contribution in [2.24, 2.45) is 0 Å². The third kappa shape index (κ3) is 4.54. The highest BCUT2D eigenvalue weighted by molar-refractivity contribution is 5.98. The van der Waals surface area contributed by atoms with Crippen molar-refractivity contribution in [3.8, 4) is 0 Å². The zero-order chi connectivity index (χ0) is 23.8. The minimum absolute atomic E-state index is 0.0139. The number of aliphatic hydroxyl groups excluding tert-OH is 2. The molecule has 172 valence electrons. The molecule has 1 atom stereocenters. The van der Waals surface area contributed by atoms with Crippen LogP contribution in [0.3, 0.4) is 0 Å². The second-order valence-corrected chi connectivity index (χ2v) is 7.39. The Bertz CT molecular complexity index is 1020. The Morgan fingerprint density at radius 1 is 1.22 bits per heavy atom. The largest absolute Gasteiger partial charge is 0.507 e. The van der Waals surface area contributed by atoms with Crippen LogP contribution in [-0.4, -0.2) is 69.3 Å². The van der Waals surface area contributed by atoms with E-state index in [1.807, 2.05) is 0 Å². The number of carbonyl (C=O) groups excluding carboxylic acids is 2. The van der Waals surface area contributed by atoms with Crippen molar-refractivity contribution in [3.05, 3.63) is 58.0 Å². The summed E-state index contributed by atoms with van der Waals surface area (Å²) in [7, 11) is 1.50. The number of carbonyl (C=O) groups is 3. The van der Waals surface area contributed by atoms with E-state index in [1.54, 1.807) is 0 Å². The fourth-order valence-corrected chi connectivity index (χ4v) is 3.52. The van der Waals surface area contributed by atoms with Gasteiger partial charge in [0.2, 0.25) is 5.91 Å². The van der Waals surface area contributed by atoms with E-state index in [2.05, 4.69) is 5.32 Å². The van der Waals surface area contributed by atoms with Crippen LogP contribution in [0.15, 0.2) is 46.9 Å². The van der Waals surface area contributed by atoms with Crippen molar-refractivity contribution in [1.29, 1.82) is 0 Å². The zero-order valence-corrected chi connectivity index (χ0v) is 16.8. The number of rotatable bonds is 5. The molecule has 0 bridgehead atoms. The highest BCUT2D eigenvalue weighted by atomic mass is 19.4. The summed E-state index contributed by atoms with van der Waals surface area (Å²) >= 11 is 0. The predicted octanol–water partition coefficient (Wildman–Crippen LogP) is 0.969. The van der Waals surface area contributed by atoms with Gasteiger partial charge in [0.1, 0.15) is 17.9 Å². The SMILES string of the molecule is CN1CC2=C(CC1=O)C(O)=C(C(=O)NCC(=O)O)C(O)N2Cc1ccc(C(F)(F)F)cc1. The standard InChI is InChI=1S/C20H20F3N3O6/c1-25-9-13-12(6-14(25)27)17(30)16(18(31)24-7-15(28)29)19(32)26(13)8-10-2-4-11(5-3-10)20(21,22)23/h2-5,19,30,32H,6-9H2,1H3,(H,24,31)(H,28,29). The Balaban J connectivity index is 1.98. The van der Waals surface area contributed by atoms with Gasteiger partial charge in [0.25, 0.3) is 5.91 Å². The molecular formula is C20H20F3N3O6. The number of halogens is 3. The van der Waals surface area contributed by atoms with Gasteiger partial charge in [-0.2, -0.15) is 13.2 Å². The van der Waals surface area contributed by atoms with Gasteiger partial charge in [-0.05, 0) is 17.7 Å². The average molecular weight is 455 g/mol. The van der Waals surface area contributed by atoms with Crippen LogP contribution in [-0.2, 0) is 27.1 Å². The molecule has 32 heavy (non-hydrogen) atoms. The number of aliphatic carboxylic acids is 1. The molecule has 3 rings (SSSR count). The fourth-order valence-electron chi connectivity index (χ4n) is 3.52. The van der Waals surface area contributed by atoms with Crippen molar-refractivity contribution in [2.45, 2.75) is 25.4 Å². The van der Waals surface area contributed by atoms with Gasteiger partial charge in [-0.3, -0.25) is 14.4 Å². The number of hydrogen-bond acceptors (Lipinski definition) is 6. The molecule has 9 nitrogen and oxygen atoms in total. The fraction of sp³-hybridized carbons (Fsp3) is 0.350. The Morgan fingerprint density at radius 3 is 2.41 bits per heavy atom. The third-order valence-corrected chi connectivity index (χ3v) is 5.21. The minimum Gasteiger partial charge on any atom is -0.507 e. The van der Waals surface area contributed by atoms with Crippen LogP contribution in [0.25, 0.3) is 0 Å². The van der Waals surface area contributed by atoms with Crippen LogP contribution in [0.1, 0.15) is 17.5 Å². The predicted molar refractivity (Wildman–Crippen MR) is 103 cm³/mol. The van der Waals surface area contributed by atoms with Crippen LogP contribution in [0, 0.1) is 0 Å². The molecule has 0 spiro atoms. The minimum atomic E-state index is -4.52. The van der Waals surface area contributed by atoms with E-state index in [4.69, 9.17) is 5.11 Å². The highest BCUT2D eigenvalue weighted by Gasteiger charge is 2.41. The molecule has 2 aliphatic heterocycles. The molecular weight excluding hydrogens is 435 g/mol. The Kier molecular flexibility index (Phi) is 6.17. The number of amides is 2. The van der Waals surface area contributed by atoms with E-state index in [-0.39, 0.29) is 31.0 Å². The van der Waals surface area contributed by atoms with E-state index < -0.39 is 47.7 Å². The zero-order valence-electron chi connectivity index (χ0n) is 16.8. The van der Waals surface area contributed by atoms with Gasteiger partial charge in [-0.15, -0.1) is 0 Å². The van der Waals surface area contributed by atoms with E-state index in [0.29, 0.717) is 11.3 Å². The second kappa shape index (κ2) is 8.54. The second-order valence-electron chi connectivity index (χ2n) is 7.39. The summed E-state index contributed by atoms with van der Waals surface area (Å²) in [6, 6.07) is 4.20. The Morgan fingerprint density at radius 2 is 1.84 bits per heavy atom. The number of likely N-dealkylation sites (N-methyl/N-ethyl adjacent to an activating group) is 1. The normalized spacial score (nSPS) is 19.3. The average Bonchev–Trinajstić information content (AvgIpc) is 2.71. The van der Waals surface area contributed by atoms with Gasteiger partial charge in [0.05, 0.1) is 18.5 Å². The summed E-state index contributed by atoms with van der Waals surface area (Å²) in [5.41, 5.74) is -0.614. The lowest BCUT2D eigenvalue weighted by atomic mass is 9.92. The number of nitrogens with one attached hydrogen (secondary N) is 1. The highest BCUT2D eigenvalue weighted by Crippen LogP contribution is 2.36. The first-order valence-electron chi connectivity index (χ1n) is 9.40. The van der Waals surface area contributed by atoms with Gasteiger partial charge in [0.15, 0.2) is 6.23 Å². The summed E-state index contributed by atoms with van der Waals surface area (Å²) in [6.45, 7) is -0.919. The van der Waals surface area contributed by atoms with Crippen molar-refractivity contribution >= 4 is 17.8 Å². The molecule has 4 N–H and O–H groups in total. The van der Waals surface area contributed by atoms with Crippen molar-refractivity contribution in [1.82, 2.24) is 15.1 Å². The maximum Gasteiger partial charge on any atom is 0.416 e. The van der Waals surface area contributed by atoms with Crippen LogP contribution in [0.5, 0.6) is 0 Å². The molecule has 0 fully saturated rings. The van der Waals surface area contributed by atoms with Gasteiger partial charge in [-0.25, -0.2) is 0 Å². The molecule has 1 aromatic rings. The summed E-state index contributed by atoms with van der Waals surface area (Å²) in [5.74, 6) is -3.38. The molecule has 0 aromatic heterocycles. The van der Waals surface area contributed by atoms with Crippen molar-refractivity contribution in [3.63, 3.8) is 0 Å². The van der Waals surface area contributed by atoms with Crippen LogP contribution < -0.4 is 5.32 Å². The number of hydrogen-bond donors (Lipinski definition) is 4. The third-order valence-electron chi connectivity index (χ3n) is 5.21.